The van der Waals surface area contributed by atoms with Gasteiger partial charge in [0, 0.05) is 24.6 Å². The molecule has 0 radical (unpaired) electrons. The fourth-order valence-corrected chi connectivity index (χ4v) is 2.90. The van der Waals surface area contributed by atoms with Crippen LogP contribution in [0.1, 0.15) is 25.0 Å². The van der Waals surface area contributed by atoms with Crippen molar-refractivity contribution in [1.29, 1.82) is 0 Å². The molecule has 1 heterocycles. The van der Waals surface area contributed by atoms with E-state index in [0.717, 1.165) is 28.5 Å². The van der Waals surface area contributed by atoms with Crippen molar-refractivity contribution in [2.45, 2.75) is 44.6 Å². The van der Waals surface area contributed by atoms with Gasteiger partial charge >= 0.3 is 0 Å². The number of hydrogen-bond donors (Lipinski definition) is 1. The Hall–Kier alpha value is -1.75. The first-order valence-corrected chi connectivity index (χ1v) is 7.95. The van der Waals surface area contributed by atoms with Crippen LogP contribution in [0.4, 0.5) is 5.69 Å². The fourth-order valence-electron chi connectivity index (χ4n) is 1.97. The van der Waals surface area contributed by atoms with Gasteiger partial charge in [-0.25, -0.2) is 4.98 Å². The summed E-state index contributed by atoms with van der Waals surface area (Å²) in [5, 5.41) is 3.68. The second-order valence-corrected chi connectivity index (χ2v) is 6.37. The van der Waals surface area contributed by atoms with Gasteiger partial charge in [0.05, 0.1) is 5.25 Å². The van der Waals surface area contributed by atoms with Crippen molar-refractivity contribution >= 4 is 23.4 Å². The lowest BCUT2D eigenvalue weighted by Crippen LogP contribution is -2.23. The number of amides is 1. The molecule has 1 aromatic carbocycles. The second kappa shape index (κ2) is 6.80. The lowest BCUT2D eigenvalue weighted by Gasteiger charge is -2.14. The summed E-state index contributed by atoms with van der Waals surface area (Å²) in [5.41, 5.74) is 3.09. The van der Waals surface area contributed by atoms with Gasteiger partial charge in [-0.15, -0.1) is 0 Å². The van der Waals surface area contributed by atoms with Crippen LogP contribution < -0.4 is 5.32 Å². The molecule has 0 aliphatic carbocycles. The summed E-state index contributed by atoms with van der Waals surface area (Å²) >= 11 is 1.48. The first-order valence-electron chi connectivity index (χ1n) is 7.07. The van der Waals surface area contributed by atoms with Crippen LogP contribution in [0.25, 0.3) is 0 Å². The molecule has 4 nitrogen and oxygen atoms in total. The quantitative estimate of drug-likeness (QED) is 0.858. The molecule has 5 heteroatoms. The number of nitrogens with one attached hydrogen (secondary N) is 1. The van der Waals surface area contributed by atoms with E-state index in [1.165, 1.54) is 11.8 Å². The average Bonchev–Trinajstić information content (AvgIpc) is 2.90. The van der Waals surface area contributed by atoms with E-state index in [1.807, 2.05) is 49.7 Å². The van der Waals surface area contributed by atoms with Gasteiger partial charge in [0.25, 0.3) is 0 Å². The molecule has 21 heavy (non-hydrogen) atoms. The highest BCUT2D eigenvalue weighted by atomic mass is 32.2. The van der Waals surface area contributed by atoms with E-state index in [-0.39, 0.29) is 11.2 Å². The van der Waals surface area contributed by atoms with Crippen molar-refractivity contribution in [3.63, 3.8) is 0 Å². The number of carbonyl (C=O) groups excluding carboxylic acids is 1. The Kier molecular flexibility index (Phi) is 5.07. The monoisotopic (exact) mass is 303 g/mol. The molecule has 1 atom stereocenters. The largest absolute Gasteiger partial charge is 0.326 e. The lowest BCUT2D eigenvalue weighted by atomic mass is 10.1. The maximum Gasteiger partial charge on any atom is 0.237 e. The first kappa shape index (κ1) is 15.6. The summed E-state index contributed by atoms with van der Waals surface area (Å²) in [6.45, 7) is 8.84. The summed E-state index contributed by atoms with van der Waals surface area (Å²) in [6.07, 6.45) is 3.69. The van der Waals surface area contributed by atoms with Crippen LogP contribution in [-0.2, 0) is 11.3 Å². The highest BCUT2D eigenvalue weighted by Crippen LogP contribution is 2.24. The number of thioether (sulfide) groups is 1. The van der Waals surface area contributed by atoms with Crippen LogP contribution >= 0.6 is 11.8 Å². The van der Waals surface area contributed by atoms with E-state index in [0.29, 0.717) is 0 Å². The van der Waals surface area contributed by atoms with Crippen LogP contribution in [0.3, 0.4) is 0 Å². The smallest absolute Gasteiger partial charge is 0.237 e. The van der Waals surface area contributed by atoms with Crippen molar-refractivity contribution in [1.82, 2.24) is 9.55 Å². The Balaban J connectivity index is 2.04. The maximum absolute atomic E-state index is 12.3. The van der Waals surface area contributed by atoms with Gasteiger partial charge < -0.3 is 9.88 Å². The minimum Gasteiger partial charge on any atom is -0.326 e. The van der Waals surface area contributed by atoms with Crippen molar-refractivity contribution < 1.29 is 4.79 Å². The fraction of sp³-hybridized carbons (Fsp3) is 0.375. The van der Waals surface area contributed by atoms with Gasteiger partial charge in [-0.1, -0.05) is 23.9 Å². The Bertz CT molecular complexity index is 636. The Labute approximate surface area is 130 Å². The highest BCUT2D eigenvalue weighted by molar-refractivity contribution is 8.00. The molecular formula is C16H21N3OS. The molecule has 1 unspecified atom stereocenters. The lowest BCUT2D eigenvalue weighted by molar-refractivity contribution is -0.115. The molecule has 0 saturated carbocycles. The number of aromatic nitrogens is 2. The number of imidazole rings is 1. The van der Waals surface area contributed by atoms with Crippen LogP contribution in [-0.4, -0.2) is 20.7 Å². The molecule has 1 amide bonds. The molecule has 0 aliphatic rings. The number of hydrogen-bond acceptors (Lipinski definition) is 3. The topological polar surface area (TPSA) is 46.9 Å². The summed E-state index contributed by atoms with van der Waals surface area (Å²) in [5.74, 6) is -0.000599. The van der Waals surface area contributed by atoms with Crippen LogP contribution in [0.5, 0.6) is 0 Å². The second-order valence-electron chi connectivity index (χ2n) is 5.06. The molecule has 0 aliphatic heterocycles. The van der Waals surface area contributed by atoms with E-state index in [1.54, 1.807) is 6.20 Å². The van der Waals surface area contributed by atoms with Gasteiger partial charge in [0.15, 0.2) is 5.16 Å². The van der Waals surface area contributed by atoms with Gasteiger partial charge in [0.1, 0.15) is 0 Å². The molecule has 2 aromatic rings. The molecule has 1 aromatic heterocycles. The zero-order chi connectivity index (χ0) is 15.4. The highest BCUT2D eigenvalue weighted by Gasteiger charge is 2.17. The van der Waals surface area contributed by atoms with Gasteiger partial charge in [-0.2, -0.15) is 0 Å². The SMILES string of the molecule is CCn1ccnc1SC(C)C(=O)Nc1cc(C)ccc1C. The molecular weight excluding hydrogens is 282 g/mol. The van der Waals surface area contributed by atoms with Crippen molar-refractivity contribution in [3.8, 4) is 0 Å². The molecule has 0 spiro atoms. The van der Waals surface area contributed by atoms with Gasteiger partial charge in [0.2, 0.25) is 5.91 Å². The first-order chi connectivity index (χ1) is 10.0. The van der Waals surface area contributed by atoms with E-state index in [4.69, 9.17) is 0 Å². The third-order valence-electron chi connectivity index (χ3n) is 3.32. The van der Waals surface area contributed by atoms with Gasteiger partial charge in [-0.05, 0) is 44.9 Å². The number of benzene rings is 1. The summed E-state index contributed by atoms with van der Waals surface area (Å²) in [6, 6.07) is 6.06. The number of anilines is 1. The van der Waals surface area contributed by atoms with Crippen LogP contribution in [0.15, 0.2) is 35.7 Å². The number of carbonyl (C=O) groups is 1. The zero-order valence-electron chi connectivity index (χ0n) is 12.9. The number of aryl methyl sites for hydroxylation is 3. The Morgan fingerprint density at radius 2 is 2.19 bits per heavy atom. The van der Waals surface area contributed by atoms with E-state index >= 15 is 0 Å². The van der Waals surface area contributed by atoms with Crippen LogP contribution in [0, 0.1) is 13.8 Å². The minimum atomic E-state index is -0.197. The minimum absolute atomic E-state index is 0.000599. The summed E-state index contributed by atoms with van der Waals surface area (Å²) < 4.78 is 2.03. The number of rotatable bonds is 5. The zero-order valence-corrected chi connectivity index (χ0v) is 13.7. The molecule has 1 N–H and O–H groups in total. The molecule has 112 valence electrons. The van der Waals surface area contributed by atoms with E-state index < -0.39 is 0 Å². The van der Waals surface area contributed by atoms with E-state index in [2.05, 4.69) is 17.2 Å². The van der Waals surface area contributed by atoms with Crippen LogP contribution in [0.2, 0.25) is 0 Å². The third kappa shape index (κ3) is 3.88. The average molecular weight is 303 g/mol. The van der Waals surface area contributed by atoms with E-state index in [9.17, 15) is 4.79 Å². The standard InChI is InChI=1S/C16H21N3OS/c1-5-19-9-8-17-16(19)21-13(4)15(20)18-14-10-11(2)6-7-12(14)3/h6-10,13H,5H2,1-4H3,(H,18,20). The molecule has 0 saturated heterocycles. The summed E-state index contributed by atoms with van der Waals surface area (Å²) in [7, 11) is 0. The molecule has 0 fully saturated rings. The Morgan fingerprint density at radius 1 is 1.43 bits per heavy atom. The predicted octanol–water partition coefficient (Wildman–Crippen LogP) is 3.64. The maximum atomic E-state index is 12.3. The Morgan fingerprint density at radius 3 is 2.90 bits per heavy atom. The van der Waals surface area contributed by atoms with Gasteiger partial charge in [-0.3, -0.25) is 4.79 Å². The molecule has 0 bridgehead atoms. The third-order valence-corrected chi connectivity index (χ3v) is 4.44. The van der Waals surface area contributed by atoms with Crippen molar-refractivity contribution in [2.75, 3.05) is 5.32 Å². The number of nitrogens with zero attached hydrogens (tertiary/aromatic N) is 2. The van der Waals surface area contributed by atoms with Crippen molar-refractivity contribution in [3.05, 3.63) is 41.7 Å². The summed E-state index contributed by atoms with van der Waals surface area (Å²) in [4.78, 5) is 16.6. The van der Waals surface area contributed by atoms with Crippen molar-refractivity contribution in [2.24, 2.45) is 0 Å². The normalized spacial score (nSPS) is 12.2. The predicted molar refractivity (Wildman–Crippen MR) is 87.8 cm³/mol. The molecule has 2 rings (SSSR count).